The third-order valence-corrected chi connectivity index (χ3v) is 4.86. The lowest BCUT2D eigenvalue weighted by Gasteiger charge is -2.30. The normalized spacial score (nSPS) is 14.1. The van der Waals surface area contributed by atoms with Gasteiger partial charge in [0.1, 0.15) is 0 Å². The molecule has 0 bridgehead atoms. The lowest BCUT2D eigenvalue weighted by atomic mass is 9.96. The number of hydrogen-bond donors (Lipinski definition) is 1. The van der Waals surface area contributed by atoms with E-state index < -0.39 is 0 Å². The van der Waals surface area contributed by atoms with Crippen molar-refractivity contribution in [1.82, 2.24) is 15.3 Å². The van der Waals surface area contributed by atoms with Crippen LogP contribution < -0.4 is 5.32 Å². The first-order valence-electron chi connectivity index (χ1n) is 7.44. The van der Waals surface area contributed by atoms with Gasteiger partial charge in [-0.15, -0.1) is 0 Å². The predicted octanol–water partition coefficient (Wildman–Crippen LogP) is 3.94. The first-order chi connectivity index (χ1) is 10.2. The fourth-order valence-corrected chi connectivity index (χ4v) is 3.51. The molecule has 2 rings (SSSR count). The van der Waals surface area contributed by atoms with E-state index in [1.807, 2.05) is 6.07 Å². The quantitative estimate of drug-likeness (QED) is 0.621. The lowest BCUT2D eigenvalue weighted by Crippen LogP contribution is -2.33. The smallest absolute Gasteiger partial charge is 0.187 e. The van der Waals surface area contributed by atoms with Gasteiger partial charge in [0.05, 0.1) is 0 Å². The number of benzene rings is 1. The molecule has 0 amide bonds. The van der Waals surface area contributed by atoms with E-state index in [2.05, 4.69) is 66.4 Å². The second-order valence-electron chi connectivity index (χ2n) is 5.30. The lowest BCUT2D eigenvalue weighted by molar-refractivity contribution is 0.452. The molecule has 1 aromatic heterocycles. The van der Waals surface area contributed by atoms with Crippen molar-refractivity contribution in [2.24, 2.45) is 5.92 Å². The molecule has 0 aliphatic carbocycles. The number of hydrogen-bond acceptors (Lipinski definition) is 4. The van der Waals surface area contributed by atoms with E-state index in [9.17, 15) is 0 Å². The average molecular weight is 301 g/mol. The standard InChI is InChI=1S/C17H23N3S/c1-4-18-15(14-9-6-5-7-10-14)16(13(2)3)21-17-19-11-8-12-20-17/h5-13,15-16,18H,4H2,1-3H3. The Labute approximate surface area is 131 Å². The summed E-state index contributed by atoms with van der Waals surface area (Å²) < 4.78 is 0. The van der Waals surface area contributed by atoms with E-state index in [1.54, 1.807) is 24.2 Å². The van der Waals surface area contributed by atoms with Gasteiger partial charge in [-0.1, -0.05) is 62.9 Å². The van der Waals surface area contributed by atoms with Crippen LogP contribution in [0.3, 0.4) is 0 Å². The van der Waals surface area contributed by atoms with Gasteiger partial charge in [0.25, 0.3) is 0 Å². The van der Waals surface area contributed by atoms with Crippen LogP contribution in [0.25, 0.3) is 0 Å². The first kappa shape index (κ1) is 16.0. The maximum Gasteiger partial charge on any atom is 0.187 e. The Morgan fingerprint density at radius 3 is 2.29 bits per heavy atom. The second-order valence-corrected chi connectivity index (χ2v) is 6.45. The van der Waals surface area contributed by atoms with Gasteiger partial charge in [0.2, 0.25) is 0 Å². The van der Waals surface area contributed by atoms with Crippen LogP contribution in [0, 0.1) is 5.92 Å². The molecule has 1 aromatic carbocycles. The Balaban J connectivity index is 2.25. The molecule has 4 heteroatoms. The summed E-state index contributed by atoms with van der Waals surface area (Å²) in [4.78, 5) is 8.72. The zero-order valence-electron chi connectivity index (χ0n) is 12.9. The molecule has 2 aromatic rings. The SMILES string of the molecule is CCNC(c1ccccc1)C(Sc1ncccn1)C(C)C. The average Bonchev–Trinajstić information content (AvgIpc) is 2.52. The van der Waals surface area contributed by atoms with Crippen LogP contribution in [0.4, 0.5) is 0 Å². The van der Waals surface area contributed by atoms with E-state index in [4.69, 9.17) is 0 Å². The van der Waals surface area contributed by atoms with Crippen molar-refractivity contribution in [1.29, 1.82) is 0 Å². The van der Waals surface area contributed by atoms with Gasteiger partial charge in [0, 0.05) is 23.7 Å². The first-order valence-corrected chi connectivity index (χ1v) is 8.32. The molecule has 3 nitrogen and oxygen atoms in total. The largest absolute Gasteiger partial charge is 0.309 e. The summed E-state index contributed by atoms with van der Waals surface area (Å²) in [6, 6.07) is 12.8. The third-order valence-electron chi connectivity index (χ3n) is 3.35. The van der Waals surface area contributed by atoms with E-state index in [0.29, 0.717) is 17.2 Å². The van der Waals surface area contributed by atoms with Gasteiger partial charge < -0.3 is 5.32 Å². The highest BCUT2D eigenvalue weighted by Crippen LogP contribution is 2.35. The minimum absolute atomic E-state index is 0.296. The van der Waals surface area contributed by atoms with Gasteiger partial charge in [0.15, 0.2) is 5.16 Å². The highest BCUT2D eigenvalue weighted by Gasteiger charge is 2.27. The molecular formula is C17H23N3S. The molecule has 0 saturated heterocycles. The Kier molecular flexibility index (Phi) is 6.21. The molecule has 112 valence electrons. The fourth-order valence-electron chi connectivity index (χ4n) is 2.36. The molecule has 0 fully saturated rings. The van der Waals surface area contributed by atoms with Gasteiger partial charge in [-0.25, -0.2) is 9.97 Å². The topological polar surface area (TPSA) is 37.8 Å². The van der Waals surface area contributed by atoms with Crippen molar-refractivity contribution in [3.05, 3.63) is 54.4 Å². The third kappa shape index (κ3) is 4.55. The van der Waals surface area contributed by atoms with E-state index in [-0.39, 0.29) is 0 Å². The van der Waals surface area contributed by atoms with E-state index in [1.165, 1.54) is 5.56 Å². The molecule has 0 spiro atoms. The molecule has 0 saturated carbocycles. The number of rotatable bonds is 7. The number of aromatic nitrogens is 2. The van der Waals surface area contributed by atoms with E-state index >= 15 is 0 Å². The molecule has 0 aliphatic heterocycles. The summed E-state index contributed by atoms with van der Waals surface area (Å²) >= 11 is 1.75. The molecule has 21 heavy (non-hydrogen) atoms. The van der Waals surface area contributed by atoms with Crippen molar-refractivity contribution < 1.29 is 0 Å². The Morgan fingerprint density at radius 2 is 1.71 bits per heavy atom. The van der Waals surface area contributed by atoms with Crippen LogP contribution in [0.5, 0.6) is 0 Å². The Bertz CT molecular complexity index is 516. The molecule has 2 atom stereocenters. The van der Waals surface area contributed by atoms with Gasteiger partial charge in [-0.05, 0) is 24.1 Å². The molecule has 0 radical (unpaired) electrons. The van der Waals surface area contributed by atoms with E-state index in [0.717, 1.165) is 11.7 Å². The van der Waals surface area contributed by atoms with Crippen LogP contribution in [0.1, 0.15) is 32.4 Å². The van der Waals surface area contributed by atoms with Crippen molar-refractivity contribution >= 4 is 11.8 Å². The monoisotopic (exact) mass is 301 g/mol. The van der Waals surface area contributed by atoms with Gasteiger partial charge in [-0.3, -0.25) is 0 Å². The van der Waals surface area contributed by atoms with Crippen LogP contribution in [-0.4, -0.2) is 21.8 Å². The highest BCUT2D eigenvalue weighted by atomic mass is 32.2. The van der Waals surface area contributed by atoms with Crippen LogP contribution in [0.15, 0.2) is 53.9 Å². The Morgan fingerprint density at radius 1 is 1.05 bits per heavy atom. The van der Waals surface area contributed by atoms with Crippen molar-refractivity contribution in [2.45, 2.75) is 37.2 Å². The highest BCUT2D eigenvalue weighted by molar-refractivity contribution is 7.99. The van der Waals surface area contributed by atoms with Gasteiger partial charge in [-0.2, -0.15) is 0 Å². The summed E-state index contributed by atoms with van der Waals surface area (Å²) in [5, 5.41) is 4.85. The summed E-state index contributed by atoms with van der Waals surface area (Å²) in [6.45, 7) is 7.61. The number of nitrogens with zero attached hydrogens (tertiary/aromatic N) is 2. The fraction of sp³-hybridized carbons (Fsp3) is 0.412. The molecular weight excluding hydrogens is 278 g/mol. The second kappa shape index (κ2) is 8.15. The maximum absolute atomic E-state index is 4.36. The minimum Gasteiger partial charge on any atom is -0.309 e. The zero-order valence-corrected chi connectivity index (χ0v) is 13.7. The van der Waals surface area contributed by atoms with Gasteiger partial charge >= 0.3 is 0 Å². The molecule has 1 N–H and O–H groups in total. The Hall–Kier alpha value is -1.39. The van der Waals surface area contributed by atoms with Crippen LogP contribution >= 0.6 is 11.8 Å². The number of nitrogens with one attached hydrogen (secondary N) is 1. The molecule has 2 unspecified atom stereocenters. The summed E-state index contributed by atoms with van der Waals surface area (Å²) in [7, 11) is 0. The van der Waals surface area contributed by atoms with Crippen LogP contribution in [0.2, 0.25) is 0 Å². The minimum atomic E-state index is 0.296. The summed E-state index contributed by atoms with van der Waals surface area (Å²) in [5.41, 5.74) is 1.32. The number of thioether (sulfide) groups is 1. The summed E-state index contributed by atoms with van der Waals surface area (Å²) in [6.07, 6.45) is 3.61. The van der Waals surface area contributed by atoms with Crippen molar-refractivity contribution in [3.63, 3.8) is 0 Å². The predicted molar refractivity (Wildman–Crippen MR) is 89.4 cm³/mol. The van der Waals surface area contributed by atoms with Crippen LogP contribution in [-0.2, 0) is 0 Å². The van der Waals surface area contributed by atoms with Crippen molar-refractivity contribution in [3.8, 4) is 0 Å². The summed E-state index contributed by atoms with van der Waals surface area (Å²) in [5.74, 6) is 0.517. The zero-order chi connectivity index (χ0) is 15.1. The molecule has 1 heterocycles. The van der Waals surface area contributed by atoms with Crippen molar-refractivity contribution in [2.75, 3.05) is 6.54 Å². The molecule has 0 aliphatic rings. The maximum atomic E-state index is 4.36.